The third kappa shape index (κ3) is 3.58. The second-order valence-corrected chi connectivity index (χ2v) is 10.4. The molecule has 6 rings (SSSR count). The van der Waals surface area contributed by atoms with Crippen LogP contribution in [0.4, 0.5) is 4.79 Å². The molecule has 0 aromatic heterocycles. The number of carbonyl (C=O) groups excluding carboxylic acids is 2. The van der Waals surface area contributed by atoms with Crippen molar-refractivity contribution in [3.63, 3.8) is 0 Å². The Balaban J connectivity index is 1.02. The van der Waals surface area contributed by atoms with Crippen molar-refractivity contribution in [2.45, 2.75) is 36.8 Å². The second kappa shape index (κ2) is 8.09. The molecule has 3 N–H and O–H groups in total. The van der Waals surface area contributed by atoms with Crippen LogP contribution in [0.3, 0.4) is 0 Å². The summed E-state index contributed by atoms with van der Waals surface area (Å²) in [6.07, 6.45) is 1.80. The average molecular weight is 477 g/mol. The first kappa shape index (κ1) is 22.1. The van der Waals surface area contributed by atoms with E-state index in [1.54, 1.807) is 0 Å². The third-order valence-electron chi connectivity index (χ3n) is 8.43. The minimum absolute atomic E-state index is 0.0109. The number of hydrogen-bond donors (Lipinski definition) is 3. The van der Waals surface area contributed by atoms with Gasteiger partial charge in [0.05, 0.1) is 13.1 Å². The van der Waals surface area contributed by atoms with E-state index in [0.717, 1.165) is 12.8 Å². The van der Waals surface area contributed by atoms with Crippen molar-refractivity contribution >= 4 is 18.0 Å². The van der Waals surface area contributed by atoms with Crippen LogP contribution in [0.15, 0.2) is 48.5 Å². The molecule has 1 saturated heterocycles. The number of nitrogens with zero attached hydrogens (tertiary/aromatic N) is 1. The fourth-order valence-corrected chi connectivity index (χ4v) is 6.52. The monoisotopic (exact) mass is 476 g/mol. The lowest BCUT2D eigenvalue weighted by Crippen LogP contribution is -2.68. The van der Waals surface area contributed by atoms with Crippen molar-refractivity contribution in [1.29, 1.82) is 0 Å². The molecular formula is C27H28N2O6. The second-order valence-electron chi connectivity index (χ2n) is 10.4. The van der Waals surface area contributed by atoms with E-state index in [-0.39, 0.29) is 49.4 Å². The highest BCUT2D eigenvalue weighted by Crippen LogP contribution is 2.50. The number of carboxylic acids is 1. The summed E-state index contributed by atoms with van der Waals surface area (Å²) in [5.41, 5.74) is 2.89. The quantitative estimate of drug-likeness (QED) is 0.611. The lowest BCUT2D eigenvalue weighted by atomic mass is 9.71. The topological polar surface area (TPSA) is 116 Å². The smallest absolute Gasteiger partial charge is 0.407 e. The number of β-amino-alcohol motifs (C(OH)–C–C–N with tert-alkyl or cyclic N) is 1. The average Bonchev–Trinajstić information content (AvgIpc) is 3.33. The lowest BCUT2D eigenvalue weighted by Gasteiger charge is -2.44. The number of aliphatic carboxylic acids is 1. The van der Waals surface area contributed by atoms with Crippen molar-refractivity contribution in [2.75, 3.05) is 19.7 Å². The van der Waals surface area contributed by atoms with Crippen LogP contribution >= 0.6 is 0 Å². The fraction of sp³-hybridized carbons (Fsp3) is 0.444. The van der Waals surface area contributed by atoms with Crippen molar-refractivity contribution < 1.29 is 29.3 Å². The number of aliphatic hydroxyl groups is 1. The number of alkyl carbamates (subject to hydrolysis) is 1. The van der Waals surface area contributed by atoms with Crippen LogP contribution in [0.5, 0.6) is 0 Å². The van der Waals surface area contributed by atoms with Gasteiger partial charge in [0.2, 0.25) is 5.91 Å². The molecule has 3 aliphatic carbocycles. The number of carbonyl (C=O) groups is 3. The maximum atomic E-state index is 12.7. The molecule has 1 heterocycles. The maximum absolute atomic E-state index is 12.7. The minimum atomic E-state index is -1.82. The molecule has 3 fully saturated rings. The molecule has 2 saturated carbocycles. The molecule has 35 heavy (non-hydrogen) atoms. The van der Waals surface area contributed by atoms with E-state index in [0.29, 0.717) is 12.3 Å². The number of hydrogen-bond acceptors (Lipinski definition) is 5. The van der Waals surface area contributed by atoms with Crippen molar-refractivity contribution in [2.24, 2.45) is 17.8 Å². The van der Waals surface area contributed by atoms with Gasteiger partial charge in [0, 0.05) is 17.9 Å². The number of benzene rings is 2. The Hall–Kier alpha value is -3.39. The molecule has 0 radical (unpaired) electrons. The third-order valence-corrected chi connectivity index (χ3v) is 8.43. The van der Waals surface area contributed by atoms with Gasteiger partial charge in [-0.05, 0) is 53.4 Å². The summed E-state index contributed by atoms with van der Waals surface area (Å²) in [5.74, 6) is -0.952. The van der Waals surface area contributed by atoms with Gasteiger partial charge in [0.1, 0.15) is 6.61 Å². The van der Waals surface area contributed by atoms with Crippen molar-refractivity contribution in [3.05, 3.63) is 59.7 Å². The molecule has 8 nitrogen and oxygen atoms in total. The van der Waals surface area contributed by atoms with E-state index in [9.17, 15) is 19.5 Å². The Morgan fingerprint density at radius 2 is 1.60 bits per heavy atom. The first-order valence-electron chi connectivity index (χ1n) is 12.2. The molecule has 0 bridgehead atoms. The van der Waals surface area contributed by atoms with E-state index in [1.165, 1.54) is 27.2 Å². The number of rotatable bonds is 5. The van der Waals surface area contributed by atoms with Gasteiger partial charge in [-0.2, -0.15) is 0 Å². The van der Waals surface area contributed by atoms with Crippen LogP contribution in [0, 0.1) is 17.8 Å². The Morgan fingerprint density at radius 1 is 0.971 bits per heavy atom. The molecule has 8 heteroatoms. The Labute approximate surface area is 202 Å². The van der Waals surface area contributed by atoms with Gasteiger partial charge < -0.3 is 25.2 Å². The van der Waals surface area contributed by atoms with Crippen molar-refractivity contribution in [1.82, 2.24) is 10.2 Å². The molecule has 182 valence electrons. The Morgan fingerprint density at radius 3 is 2.23 bits per heavy atom. The van der Waals surface area contributed by atoms with Crippen LogP contribution in [-0.2, 0) is 14.3 Å². The lowest BCUT2D eigenvalue weighted by molar-refractivity contribution is -0.183. The van der Waals surface area contributed by atoms with E-state index < -0.39 is 17.7 Å². The first-order valence-corrected chi connectivity index (χ1v) is 12.2. The standard InChI is InChI=1S/C27H28N2O6/c30-24(29-13-27(34,14-29)25(31)32)16-9-15-11-23(21(15)10-16)28-26(33)35-12-22-19-7-3-1-5-17(19)18-6-2-4-8-20(18)22/h1-8,15-16,21-23,34H,9-14H2,(H,28,33)(H,31,32). The number of likely N-dealkylation sites (tertiary alicyclic amines) is 1. The fourth-order valence-electron chi connectivity index (χ4n) is 6.52. The zero-order valence-electron chi connectivity index (χ0n) is 19.2. The Bertz CT molecular complexity index is 1160. The van der Waals surface area contributed by atoms with E-state index in [2.05, 4.69) is 29.6 Å². The summed E-state index contributed by atoms with van der Waals surface area (Å²) in [7, 11) is 0. The highest BCUT2D eigenvalue weighted by Gasteiger charge is 2.55. The molecule has 4 atom stereocenters. The largest absolute Gasteiger partial charge is 0.479 e. The van der Waals surface area contributed by atoms with Crippen LogP contribution < -0.4 is 5.32 Å². The molecule has 0 spiro atoms. The number of nitrogens with one attached hydrogen (secondary N) is 1. The summed E-state index contributed by atoms with van der Waals surface area (Å²) >= 11 is 0. The van der Waals surface area contributed by atoms with E-state index in [4.69, 9.17) is 9.84 Å². The Kier molecular flexibility index (Phi) is 5.11. The summed E-state index contributed by atoms with van der Waals surface area (Å²) in [4.78, 5) is 37.9. The van der Waals surface area contributed by atoms with E-state index >= 15 is 0 Å². The van der Waals surface area contributed by atoms with E-state index in [1.807, 2.05) is 24.3 Å². The highest BCUT2D eigenvalue weighted by atomic mass is 16.5. The summed E-state index contributed by atoms with van der Waals surface area (Å²) in [6, 6.07) is 16.4. The molecule has 4 aliphatic rings. The summed E-state index contributed by atoms with van der Waals surface area (Å²) < 4.78 is 5.67. The molecule has 2 amide bonds. The molecule has 2 aromatic rings. The highest BCUT2D eigenvalue weighted by molar-refractivity contribution is 5.86. The SMILES string of the molecule is O=C(NC1CC2CC(C(=O)N3CC(O)(C(=O)O)C3)CC21)OCC1c2ccccc2-c2ccccc21. The van der Waals surface area contributed by atoms with Gasteiger partial charge >= 0.3 is 12.1 Å². The summed E-state index contributed by atoms with van der Waals surface area (Å²) in [6.45, 7) is -0.0495. The molecule has 1 aliphatic heterocycles. The predicted octanol–water partition coefficient (Wildman–Crippen LogP) is 2.60. The van der Waals surface area contributed by atoms with Gasteiger partial charge in [-0.1, -0.05) is 48.5 Å². The van der Waals surface area contributed by atoms with Crippen molar-refractivity contribution in [3.8, 4) is 11.1 Å². The van der Waals surface area contributed by atoms with Gasteiger partial charge in [0.25, 0.3) is 0 Å². The van der Waals surface area contributed by atoms with Crippen LogP contribution in [0.2, 0.25) is 0 Å². The normalized spacial score (nSPS) is 27.6. The maximum Gasteiger partial charge on any atom is 0.407 e. The van der Waals surface area contributed by atoms with Gasteiger partial charge in [-0.25, -0.2) is 9.59 Å². The predicted molar refractivity (Wildman–Crippen MR) is 125 cm³/mol. The zero-order chi connectivity index (χ0) is 24.3. The van der Waals surface area contributed by atoms with Crippen LogP contribution in [0.1, 0.15) is 36.3 Å². The first-order chi connectivity index (χ1) is 16.8. The van der Waals surface area contributed by atoms with Gasteiger partial charge in [-0.3, -0.25) is 4.79 Å². The summed E-state index contributed by atoms with van der Waals surface area (Å²) in [5, 5.41) is 21.9. The molecule has 2 aromatic carbocycles. The van der Waals surface area contributed by atoms with Gasteiger partial charge in [-0.15, -0.1) is 0 Å². The number of carboxylic acid groups (broad SMARTS) is 1. The molecule has 4 unspecified atom stereocenters. The van der Waals surface area contributed by atoms with Crippen LogP contribution in [0.25, 0.3) is 11.1 Å². The van der Waals surface area contributed by atoms with Crippen LogP contribution in [-0.4, -0.2) is 64.4 Å². The zero-order valence-corrected chi connectivity index (χ0v) is 19.2. The molecular weight excluding hydrogens is 448 g/mol. The van der Waals surface area contributed by atoms with Gasteiger partial charge in [0.15, 0.2) is 5.60 Å². The number of ether oxygens (including phenoxy) is 1. The minimum Gasteiger partial charge on any atom is -0.479 e. The number of fused-ring (bicyclic) bond motifs is 4. The number of amides is 2.